The fourth-order valence-corrected chi connectivity index (χ4v) is 8.25. The fourth-order valence-electron chi connectivity index (χ4n) is 7.52. The van der Waals surface area contributed by atoms with Crippen LogP contribution in [0.2, 0.25) is 0 Å². The first-order valence-electron chi connectivity index (χ1n) is 30.0. The van der Waals surface area contributed by atoms with E-state index in [0.29, 0.717) is 17.4 Å². The van der Waals surface area contributed by atoms with Crippen molar-refractivity contribution in [2.75, 3.05) is 47.5 Å². The van der Waals surface area contributed by atoms with Crippen LogP contribution in [-0.4, -0.2) is 70.0 Å². The Hall–Kier alpha value is -4.11. The van der Waals surface area contributed by atoms with Gasteiger partial charge in [0.15, 0.2) is 6.10 Å². The molecule has 0 aliphatic heterocycles. The van der Waals surface area contributed by atoms with Crippen molar-refractivity contribution >= 4 is 19.8 Å². The van der Waals surface area contributed by atoms with E-state index in [2.05, 4.69) is 160 Å². The summed E-state index contributed by atoms with van der Waals surface area (Å²) < 4.78 is 34.0. The number of phosphoric acid groups is 1. The number of esters is 2. The molecule has 0 radical (unpaired) electrons. The molecule has 2 unspecified atom stereocenters. The first-order chi connectivity index (χ1) is 37.5. The summed E-state index contributed by atoms with van der Waals surface area (Å²) in [5.74, 6) is -0.892. The van der Waals surface area contributed by atoms with E-state index in [9.17, 15) is 19.0 Å². The van der Waals surface area contributed by atoms with Gasteiger partial charge in [-0.2, -0.15) is 0 Å². The van der Waals surface area contributed by atoms with Gasteiger partial charge in [-0.1, -0.05) is 243 Å². The number of quaternary nitrogens is 1. The highest BCUT2D eigenvalue weighted by molar-refractivity contribution is 7.45. The maximum absolute atomic E-state index is 12.8. The lowest BCUT2D eigenvalue weighted by molar-refractivity contribution is -0.870. The summed E-state index contributed by atoms with van der Waals surface area (Å²) in [4.78, 5) is 37.8. The number of rotatable bonds is 53. The molecule has 0 amide bonds. The van der Waals surface area contributed by atoms with E-state index in [4.69, 9.17) is 18.5 Å². The van der Waals surface area contributed by atoms with Gasteiger partial charge in [0.25, 0.3) is 7.82 Å². The monoisotopic (exact) mass is 1090 g/mol. The van der Waals surface area contributed by atoms with Crippen molar-refractivity contribution in [2.45, 2.75) is 219 Å². The summed E-state index contributed by atoms with van der Waals surface area (Å²) in [5.41, 5.74) is 0. The standard InChI is InChI=1S/C67H110NO8P/c1-6-8-10-12-14-16-18-20-22-23-24-25-26-27-28-29-30-31-32-33-34-35-36-37-38-39-40-41-42-43-44-45-46-48-50-52-54-56-58-60-67(70)76-65(64-75-77(71,72)74-62-61-68(3,4)5)63-73-66(69)59-57-55-53-51-49-47-21-19-17-15-13-11-9-7-2/h8,10,14,16,20,22,24-25,27-28,30-31,33-34,36-37,39-40,42-43,45-46,50,52,65H,6-7,9,11-13,15,17-19,21,23,26,29,32,35,38,41,44,47-49,51,53-64H2,1-5H3/b10-8-,16-14-,22-20-,25-24-,28-27-,31-30-,34-33-,37-36-,40-39-,43-42-,46-45-,52-50-. The lowest BCUT2D eigenvalue weighted by Gasteiger charge is -2.28. The zero-order valence-corrected chi connectivity index (χ0v) is 50.2. The van der Waals surface area contributed by atoms with E-state index < -0.39 is 32.5 Å². The van der Waals surface area contributed by atoms with Gasteiger partial charge in [-0.25, -0.2) is 0 Å². The van der Waals surface area contributed by atoms with Gasteiger partial charge in [-0.15, -0.1) is 0 Å². The molecule has 436 valence electrons. The third kappa shape index (κ3) is 61.0. The summed E-state index contributed by atoms with van der Waals surface area (Å²) in [6, 6.07) is 0. The Kier molecular flexibility index (Phi) is 53.6. The molecule has 0 aliphatic rings. The van der Waals surface area contributed by atoms with Crippen LogP contribution < -0.4 is 4.89 Å². The Balaban J connectivity index is 4.23. The Labute approximate surface area is 472 Å². The molecule has 0 spiro atoms. The van der Waals surface area contributed by atoms with E-state index in [-0.39, 0.29) is 26.1 Å². The number of carbonyl (C=O) groups is 2. The Morgan fingerprint density at radius 3 is 1.10 bits per heavy atom. The smallest absolute Gasteiger partial charge is 0.306 e. The molecule has 0 bridgehead atoms. The molecular weight excluding hydrogens is 978 g/mol. The van der Waals surface area contributed by atoms with Crippen LogP contribution in [0.1, 0.15) is 213 Å². The number of unbranched alkanes of at least 4 members (excludes halogenated alkanes) is 15. The van der Waals surface area contributed by atoms with Crippen molar-refractivity contribution in [3.63, 3.8) is 0 Å². The van der Waals surface area contributed by atoms with Crippen LogP contribution >= 0.6 is 7.82 Å². The molecule has 0 aromatic rings. The normalized spacial score (nSPS) is 14.3. The second-order valence-electron chi connectivity index (χ2n) is 20.6. The highest BCUT2D eigenvalue weighted by Crippen LogP contribution is 2.38. The van der Waals surface area contributed by atoms with Gasteiger partial charge in [0.05, 0.1) is 27.7 Å². The number of allylic oxidation sites excluding steroid dienone is 24. The highest BCUT2D eigenvalue weighted by atomic mass is 31.2. The number of likely N-dealkylation sites (N-methyl/N-ethyl adjacent to an activating group) is 1. The van der Waals surface area contributed by atoms with Crippen molar-refractivity contribution < 1.29 is 42.1 Å². The summed E-state index contributed by atoms with van der Waals surface area (Å²) in [7, 11) is 1.12. The van der Waals surface area contributed by atoms with Gasteiger partial charge >= 0.3 is 11.9 Å². The first kappa shape index (κ1) is 72.9. The fraction of sp³-hybridized carbons (Fsp3) is 0.612. The number of ether oxygens (including phenoxy) is 2. The second-order valence-corrected chi connectivity index (χ2v) is 22.0. The van der Waals surface area contributed by atoms with Crippen LogP contribution in [0.15, 0.2) is 146 Å². The minimum atomic E-state index is -4.65. The van der Waals surface area contributed by atoms with Crippen LogP contribution in [0.4, 0.5) is 0 Å². The Morgan fingerprint density at radius 2 is 0.740 bits per heavy atom. The van der Waals surface area contributed by atoms with Crippen molar-refractivity contribution in [1.82, 2.24) is 0 Å². The third-order valence-electron chi connectivity index (χ3n) is 12.1. The molecule has 0 heterocycles. The van der Waals surface area contributed by atoms with Crippen molar-refractivity contribution in [1.29, 1.82) is 0 Å². The third-order valence-corrected chi connectivity index (χ3v) is 13.1. The van der Waals surface area contributed by atoms with Gasteiger partial charge in [-0.3, -0.25) is 14.2 Å². The number of hydrogen-bond donors (Lipinski definition) is 0. The number of phosphoric ester groups is 1. The SMILES string of the molecule is CC/C=C\C/C=C\C/C=C\C/C=C\C/C=C\C/C=C\C/C=C\C/C=C\C/C=C\C/C=C\C/C=C\C/C=C\CCCCC(=O)OC(COC(=O)CCCCCCCCCCCCCCCC)COP(=O)([O-])OCC[N+](C)(C)C. The van der Waals surface area contributed by atoms with E-state index in [0.717, 1.165) is 109 Å². The Morgan fingerprint density at radius 1 is 0.416 bits per heavy atom. The van der Waals surface area contributed by atoms with Crippen molar-refractivity contribution in [3.8, 4) is 0 Å². The summed E-state index contributed by atoms with van der Waals surface area (Å²) in [5, 5.41) is 0. The van der Waals surface area contributed by atoms with Crippen LogP contribution in [0.25, 0.3) is 0 Å². The molecule has 9 nitrogen and oxygen atoms in total. The van der Waals surface area contributed by atoms with Gasteiger partial charge in [0, 0.05) is 12.8 Å². The van der Waals surface area contributed by atoms with Crippen molar-refractivity contribution in [2.24, 2.45) is 0 Å². The largest absolute Gasteiger partial charge is 0.756 e. The van der Waals surface area contributed by atoms with E-state index in [1.807, 2.05) is 21.1 Å². The average Bonchev–Trinajstić information content (AvgIpc) is 3.39. The maximum atomic E-state index is 12.8. The molecule has 0 saturated carbocycles. The Bertz CT molecular complexity index is 1810. The van der Waals surface area contributed by atoms with Gasteiger partial charge in [-0.05, 0) is 103 Å². The lowest BCUT2D eigenvalue weighted by atomic mass is 10.0. The molecular formula is C67H110NO8P. The predicted molar refractivity (Wildman–Crippen MR) is 327 cm³/mol. The van der Waals surface area contributed by atoms with Gasteiger partial charge < -0.3 is 27.9 Å². The molecule has 0 rings (SSSR count). The van der Waals surface area contributed by atoms with E-state index in [1.54, 1.807) is 0 Å². The zero-order chi connectivity index (χ0) is 56.3. The zero-order valence-electron chi connectivity index (χ0n) is 49.3. The van der Waals surface area contributed by atoms with Crippen molar-refractivity contribution in [3.05, 3.63) is 146 Å². The number of nitrogens with zero attached hydrogens (tertiary/aromatic N) is 1. The van der Waals surface area contributed by atoms with E-state index >= 15 is 0 Å². The van der Waals surface area contributed by atoms with Crippen LogP contribution in [-0.2, 0) is 32.7 Å². The average molecular weight is 1090 g/mol. The molecule has 77 heavy (non-hydrogen) atoms. The van der Waals surface area contributed by atoms with E-state index in [1.165, 1.54) is 70.6 Å². The molecule has 0 saturated heterocycles. The summed E-state index contributed by atoms with van der Waals surface area (Å²) in [6.45, 7) is 4.05. The minimum Gasteiger partial charge on any atom is -0.756 e. The predicted octanol–water partition coefficient (Wildman–Crippen LogP) is 18.5. The molecule has 0 N–H and O–H groups in total. The summed E-state index contributed by atoms with van der Waals surface area (Å²) >= 11 is 0. The second kappa shape index (κ2) is 56.6. The molecule has 0 aromatic carbocycles. The maximum Gasteiger partial charge on any atom is 0.306 e. The summed E-state index contributed by atoms with van der Waals surface area (Å²) in [6.07, 6.45) is 83.4. The molecule has 0 aromatic heterocycles. The van der Waals surface area contributed by atoms with Gasteiger partial charge in [0.1, 0.15) is 19.8 Å². The molecule has 0 fully saturated rings. The molecule has 2 atom stereocenters. The van der Waals surface area contributed by atoms with Crippen LogP contribution in [0.3, 0.4) is 0 Å². The quantitative estimate of drug-likeness (QED) is 0.0195. The highest BCUT2D eigenvalue weighted by Gasteiger charge is 2.21. The topological polar surface area (TPSA) is 111 Å². The first-order valence-corrected chi connectivity index (χ1v) is 31.5. The lowest BCUT2D eigenvalue weighted by Crippen LogP contribution is -2.37. The van der Waals surface area contributed by atoms with Crippen LogP contribution in [0.5, 0.6) is 0 Å². The van der Waals surface area contributed by atoms with Gasteiger partial charge in [0.2, 0.25) is 0 Å². The minimum absolute atomic E-state index is 0.0458. The molecule has 10 heteroatoms. The van der Waals surface area contributed by atoms with Crippen LogP contribution in [0, 0.1) is 0 Å². The molecule has 0 aliphatic carbocycles. The number of hydrogen-bond acceptors (Lipinski definition) is 8. The number of carbonyl (C=O) groups excluding carboxylic acids is 2.